The van der Waals surface area contributed by atoms with E-state index < -0.39 is 17.3 Å². The number of aromatic hydroxyl groups is 1. The predicted molar refractivity (Wildman–Crippen MR) is 109 cm³/mol. The fraction of sp³-hybridized carbons (Fsp3) is 0.227. The zero-order valence-corrected chi connectivity index (χ0v) is 16.2. The van der Waals surface area contributed by atoms with Crippen molar-refractivity contribution >= 4 is 24.0 Å². The number of aromatic nitrogens is 1. The Hall–Kier alpha value is -3.41. The summed E-state index contributed by atoms with van der Waals surface area (Å²) in [7, 11) is 0. The van der Waals surface area contributed by atoms with E-state index >= 15 is 0 Å². The molecule has 1 amide bonds. The summed E-state index contributed by atoms with van der Waals surface area (Å²) in [6.45, 7) is 8.59. The summed E-state index contributed by atoms with van der Waals surface area (Å²) < 4.78 is 0. The highest BCUT2D eigenvalue weighted by Crippen LogP contribution is 2.24. The molecule has 2 aromatic rings. The number of rotatable bonds is 6. The molecule has 2 rings (SSSR count). The van der Waals surface area contributed by atoms with Crippen molar-refractivity contribution in [3.05, 3.63) is 59.2 Å². The first-order chi connectivity index (χ1) is 13.2. The van der Waals surface area contributed by atoms with Gasteiger partial charge in [0.1, 0.15) is 5.75 Å². The van der Waals surface area contributed by atoms with Crippen LogP contribution in [0.5, 0.6) is 5.75 Å². The number of carbonyl (C=O) groups excluding carboxylic acids is 1. The van der Waals surface area contributed by atoms with Crippen LogP contribution in [-0.4, -0.2) is 33.6 Å². The summed E-state index contributed by atoms with van der Waals surface area (Å²) >= 11 is 0. The van der Waals surface area contributed by atoms with Gasteiger partial charge in [-0.2, -0.15) is 0 Å². The lowest BCUT2D eigenvalue weighted by atomic mass is 9.94. The number of carboxylic acid groups (broad SMARTS) is 1. The quantitative estimate of drug-likeness (QED) is 0.712. The molecule has 3 N–H and O–H groups in total. The summed E-state index contributed by atoms with van der Waals surface area (Å²) in [5.41, 5.74) is 0.212. The van der Waals surface area contributed by atoms with E-state index in [1.54, 1.807) is 6.08 Å². The molecule has 0 aliphatic carbocycles. The summed E-state index contributed by atoms with van der Waals surface area (Å²) in [5.74, 6) is -1.93. The van der Waals surface area contributed by atoms with Crippen molar-refractivity contribution in [1.82, 2.24) is 10.3 Å². The normalized spacial score (nSPS) is 12.7. The van der Waals surface area contributed by atoms with Gasteiger partial charge in [-0.3, -0.25) is 9.59 Å². The fourth-order valence-corrected chi connectivity index (χ4v) is 2.54. The largest absolute Gasteiger partial charge is 0.505 e. The average Bonchev–Trinajstić information content (AvgIpc) is 2.66. The lowest BCUT2D eigenvalue weighted by molar-refractivity contribution is -0.146. The van der Waals surface area contributed by atoms with E-state index in [0.29, 0.717) is 5.56 Å². The second-order valence-corrected chi connectivity index (χ2v) is 7.00. The molecule has 1 heterocycles. The van der Waals surface area contributed by atoms with E-state index in [2.05, 4.69) is 16.9 Å². The van der Waals surface area contributed by atoms with Crippen LogP contribution in [0.15, 0.2) is 43.1 Å². The summed E-state index contributed by atoms with van der Waals surface area (Å²) in [5, 5.41) is 23.9. The molecule has 0 radical (unpaired) electrons. The van der Waals surface area contributed by atoms with Crippen LogP contribution in [0, 0.1) is 5.41 Å². The van der Waals surface area contributed by atoms with E-state index in [0.717, 1.165) is 16.0 Å². The van der Waals surface area contributed by atoms with Gasteiger partial charge in [-0.05, 0) is 48.9 Å². The van der Waals surface area contributed by atoms with Crippen molar-refractivity contribution < 1.29 is 19.8 Å². The molecule has 0 atom stereocenters. The molecule has 6 heteroatoms. The van der Waals surface area contributed by atoms with E-state index in [4.69, 9.17) is 5.11 Å². The molecule has 0 aliphatic rings. The molecule has 0 spiro atoms. The van der Waals surface area contributed by atoms with Gasteiger partial charge >= 0.3 is 5.97 Å². The molecule has 0 unspecified atom stereocenters. The van der Waals surface area contributed by atoms with Crippen molar-refractivity contribution in [3.63, 3.8) is 0 Å². The molecule has 0 fully saturated rings. The third kappa shape index (κ3) is 4.65. The number of hydrogen-bond acceptors (Lipinski definition) is 4. The minimum atomic E-state index is -1.12. The van der Waals surface area contributed by atoms with Crippen LogP contribution in [0.3, 0.4) is 0 Å². The molecular weight excluding hydrogens is 356 g/mol. The Morgan fingerprint density at radius 2 is 1.93 bits per heavy atom. The Balaban J connectivity index is 2.31. The third-order valence-electron chi connectivity index (χ3n) is 4.38. The number of carboxylic acids is 1. The molecule has 1 aromatic heterocycles. The average molecular weight is 380 g/mol. The number of carbonyl (C=O) groups is 2. The van der Waals surface area contributed by atoms with Crippen LogP contribution >= 0.6 is 0 Å². The smallest absolute Gasteiger partial charge is 0.310 e. The molecule has 0 bridgehead atoms. The van der Waals surface area contributed by atoms with Crippen molar-refractivity contribution in [1.29, 1.82) is 0 Å². The van der Waals surface area contributed by atoms with Crippen molar-refractivity contribution in [2.24, 2.45) is 5.41 Å². The Bertz CT molecular complexity index is 1040. The molecule has 6 nitrogen and oxygen atoms in total. The number of nitrogens with one attached hydrogen (secondary N) is 1. The molecule has 0 aliphatic heterocycles. The zero-order chi connectivity index (χ0) is 20.9. The molecule has 1 aromatic carbocycles. The second kappa shape index (κ2) is 8.52. The first kappa shape index (κ1) is 20.9. The van der Waals surface area contributed by atoms with Gasteiger partial charge < -0.3 is 15.5 Å². The monoisotopic (exact) mass is 380 g/mol. The highest BCUT2D eigenvalue weighted by molar-refractivity contribution is 5.95. The number of nitrogens with zero attached hydrogens (tertiary/aromatic N) is 1. The van der Waals surface area contributed by atoms with Crippen molar-refractivity contribution in [3.8, 4) is 16.9 Å². The number of amides is 1. The number of pyridine rings is 1. The predicted octanol–water partition coefficient (Wildman–Crippen LogP) is 2.06. The Labute approximate surface area is 163 Å². The molecule has 28 heavy (non-hydrogen) atoms. The zero-order valence-electron chi connectivity index (χ0n) is 16.2. The Morgan fingerprint density at radius 1 is 1.21 bits per heavy atom. The van der Waals surface area contributed by atoms with Gasteiger partial charge in [-0.1, -0.05) is 36.9 Å². The number of aliphatic carboxylic acids is 1. The van der Waals surface area contributed by atoms with Crippen LogP contribution in [-0.2, 0) is 4.79 Å². The number of hydrogen-bond donors (Lipinski definition) is 3. The molecule has 0 saturated heterocycles. The van der Waals surface area contributed by atoms with Gasteiger partial charge in [0.05, 0.1) is 5.41 Å². The molecule has 0 saturated carbocycles. The fourth-order valence-electron chi connectivity index (χ4n) is 2.54. The maximum absolute atomic E-state index is 12.3. The maximum Gasteiger partial charge on any atom is 0.310 e. The number of benzene rings is 1. The standard InChI is InChI=1S/C22H24N2O4/c1-5-7-15-10-16(9-8-14(15)6-2)17-11-18(25)19(23-12-17)20(26)24-13-22(3,4)21(27)28/h5-12,25H,1,13H2,2-4H3,(H,24,26)(H,27,28)/b14-6-,15-7-. The minimum absolute atomic E-state index is 0.0836. The third-order valence-corrected chi connectivity index (χ3v) is 4.38. The van der Waals surface area contributed by atoms with E-state index in [9.17, 15) is 14.7 Å². The summed E-state index contributed by atoms with van der Waals surface area (Å²) in [4.78, 5) is 27.5. The first-order valence-electron chi connectivity index (χ1n) is 8.79. The summed E-state index contributed by atoms with van der Waals surface area (Å²) in [6, 6.07) is 7.27. The van der Waals surface area contributed by atoms with Crippen molar-refractivity contribution in [2.75, 3.05) is 6.54 Å². The Kier molecular flexibility index (Phi) is 6.36. The van der Waals surface area contributed by atoms with Crippen LogP contribution in [0.2, 0.25) is 0 Å². The number of allylic oxidation sites excluding steroid dienone is 1. The SMILES string of the molecule is C=C/C=c1/cc(-c2cnc(C(=O)NCC(C)(C)C(=O)O)c(O)c2)cc/c1=C/C. The van der Waals surface area contributed by atoms with Crippen molar-refractivity contribution in [2.45, 2.75) is 20.8 Å². The van der Waals surface area contributed by atoms with Crippen LogP contribution in [0.25, 0.3) is 23.3 Å². The van der Waals surface area contributed by atoms with Crippen LogP contribution < -0.4 is 15.8 Å². The van der Waals surface area contributed by atoms with E-state index in [1.807, 2.05) is 37.3 Å². The van der Waals surface area contributed by atoms with Gasteiger partial charge in [0.25, 0.3) is 5.91 Å². The maximum atomic E-state index is 12.3. The molecular formula is C22H24N2O4. The molecule has 146 valence electrons. The van der Waals surface area contributed by atoms with E-state index in [-0.39, 0.29) is 18.0 Å². The second-order valence-electron chi connectivity index (χ2n) is 7.00. The highest BCUT2D eigenvalue weighted by atomic mass is 16.4. The van der Waals surface area contributed by atoms with Gasteiger partial charge in [0.2, 0.25) is 0 Å². The summed E-state index contributed by atoms with van der Waals surface area (Å²) in [6.07, 6.45) is 7.08. The van der Waals surface area contributed by atoms with Gasteiger partial charge in [0.15, 0.2) is 5.69 Å². The van der Waals surface area contributed by atoms with Gasteiger partial charge in [-0.15, -0.1) is 0 Å². The Morgan fingerprint density at radius 3 is 2.50 bits per heavy atom. The lowest BCUT2D eigenvalue weighted by Gasteiger charge is -2.19. The topological polar surface area (TPSA) is 99.5 Å². The highest BCUT2D eigenvalue weighted by Gasteiger charge is 2.28. The van der Waals surface area contributed by atoms with Crippen LogP contribution in [0.4, 0.5) is 0 Å². The lowest BCUT2D eigenvalue weighted by Crippen LogP contribution is -2.39. The minimum Gasteiger partial charge on any atom is -0.505 e. The van der Waals surface area contributed by atoms with Crippen LogP contribution in [0.1, 0.15) is 31.3 Å². The van der Waals surface area contributed by atoms with E-state index in [1.165, 1.54) is 26.1 Å². The first-order valence-corrected chi connectivity index (χ1v) is 8.79. The van der Waals surface area contributed by atoms with Gasteiger partial charge in [0, 0.05) is 18.3 Å². The van der Waals surface area contributed by atoms with Gasteiger partial charge in [-0.25, -0.2) is 4.98 Å².